The minimum atomic E-state index is -1.72. The first-order valence-electron chi connectivity index (χ1n) is 13.6. The van der Waals surface area contributed by atoms with E-state index in [9.17, 15) is 19.1 Å². The summed E-state index contributed by atoms with van der Waals surface area (Å²) in [6.45, 7) is -1.19. The van der Waals surface area contributed by atoms with Crippen LogP contribution in [0.5, 0.6) is 0 Å². The second-order valence-corrected chi connectivity index (χ2v) is 10.1. The predicted molar refractivity (Wildman–Crippen MR) is 152 cm³/mol. The van der Waals surface area contributed by atoms with Crippen molar-refractivity contribution in [2.24, 2.45) is 0 Å². The van der Waals surface area contributed by atoms with Crippen molar-refractivity contribution < 1.29 is 28.4 Å². The topological polar surface area (TPSA) is 101 Å². The lowest BCUT2D eigenvalue weighted by molar-refractivity contribution is -0.165. The third-order valence-electron chi connectivity index (χ3n) is 7.13. The number of hydrogen-bond acceptors (Lipinski definition) is 7. The molecule has 2 heterocycles. The van der Waals surface area contributed by atoms with Gasteiger partial charge in [-0.15, -0.1) is 0 Å². The Hall–Kier alpha value is -3.93. The van der Waals surface area contributed by atoms with Crippen molar-refractivity contribution in [1.82, 2.24) is 9.13 Å². The molecule has 0 amide bonds. The van der Waals surface area contributed by atoms with Crippen molar-refractivity contribution >= 4 is 0 Å². The highest BCUT2D eigenvalue weighted by Gasteiger charge is 2.57. The monoisotopic (exact) mass is 576 g/mol. The van der Waals surface area contributed by atoms with Crippen LogP contribution in [0.25, 0.3) is 0 Å². The Kier molecular flexibility index (Phi) is 9.73. The molecule has 0 unspecified atom stereocenters. The predicted octanol–water partition coefficient (Wildman–Crippen LogP) is 3.58. The van der Waals surface area contributed by atoms with E-state index in [4.69, 9.17) is 18.9 Å². The number of alkyl halides is 1. The Morgan fingerprint density at radius 3 is 1.90 bits per heavy atom. The molecule has 0 aliphatic carbocycles. The zero-order valence-corrected chi connectivity index (χ0v) is 23.0. The van der Waals surface area contributed by atoms with Crippen LogP contribution >= 0.6 is 0 Å². The summed E-state index contributed by atoms with van der Waals surface area (Å²) in [4.78, 5) is 26.0. The van der Waals surface area contributed by atoms with Gasteiger partial charge in [-0.3, -0.25) is 9.36 Å². The molecule has 5 rings (SSSR count). The molecule has 1 fully saturated rings. The van der Waals surface area contributed by atoms with Crippen LogP contribution in [0.4, 0.5) is 4.39 Å². The molecule has 1 aliphatic rings. The molecule has 9 nitrogen and oxygen atoms in total. The molecular formula is C32H33FN2O7. The van der Waals surface area contributed by atoms with Crippen LogP contribution in [0.3, 0.4) is 0 Å². The Bertz CT molecular complexity index is 1530. The van der Waals surface area contributed by atoms with Crippen LogP contribution < -0.4 is 11.2 Å². The Balaban J connectivity index is 1.38. The molecular weight excluding hydrogens is 543 g/mol. The average Bonchev–Trinajstić information content (AvgIpc) is 3.30. The van der Waals surface area contributed by atoms with E-state index in [0.29, 0.717) is 0 Å². The van der Waals surface area contributed by atoms with E-state index in [1.54, 1.807) is 0 Å². The molecule has 4 atom stereocenters. The van der Waals surface area contributed by atoms with E-state index in [0.717, 1.165) is 25.8 Å². The van der Waals surface area contributed by atoms with Gasteiger partial charge in [-0.25, -0.2) is 13.8 Å². The SMILES string of the molecule is O=c1ccn([C@@H]2O[C@](CF)(COCc3ccccc3)[C@@H](OCc3ccccc3)[C@H]2O)c(=O)n1COCc1ccccc1. The molecule has 3 aromatic carbocycles. The third kappa shape index (κ3) is 6.75. The first-order valence-corrected chi connectivity index (χ1v) is 13.6. The zero-order valence-electron chi connectivity index (χ0n) is 23.0. The fourth-order valence-electron chi connectivity index (χ4n) is 4.92. The lowest BCUT2D eigenvalue weighted by Crippen LogP contribution is -2.50. The molecule has 0 bridgehead atoms. The lowest BCUT2D eigenvalue weighted by Gasteiger charge is -2.31. The lowest BCUT2D eigenvalue weighted by atomic mass is 9.97. The number of aliphatic hydroxyl groups is 1. The summed E-state index contributed by atoms with van der Waals surface area (Å²) in [5.74, 6) is 0. The van der Waals surface area contributed by atoms with Crippen LogP contribution in [0.2, 0.25) is 0 Å². The quantitative estimate of drug-likeness (QED) is 0.260. The molecule has 1 saturated heterocycles. The van der Waals surface area contributed by atoms with Gasteiger partial charge in [-0.05, 0) is 16.7 Å². The maximum absolute atomic E-state index is 14.9. The second kappa shape index (κ2) is 13.8. The summed E-state index contributed by atoms with van der Waals surface area (Å²) in [6.07, 6.45) is -2.78. The summed E-state index contributed by atoms with van der Waals surface area (Å²) in [7, 11) is 0. The van der Waals surface area contributed by atoms with Crippen molar-refractivity contribution in [2.45, 2.75) is 50.6 Å². The summed E-state index contributed by atoms with van der Waals surface area (Å²) >= 11 is 0. The van der Waals surface area contributed by atoms with Crippen LogP contribution in [-0.2, 0) is 45.5 Å². The van der Waals surface area contributed by atoms with Gasteiger partial charge in [0.05, 0.1) is 26.4 Å². The van der Waals surface area contributed by atoms with Gasteiger partial charge in [0.1, 0.15) is 25.6 Å². The number of ether oxygens (including phenoxy) is 4. The number of nitrogens with zero attached hydrogens (tertiary/aromatic N) is 2. The summed E-state index contributed by atoms with van der Waals surface area (Å²) in [5.41, 5.74) is -0.525. The van der Waals surface area contributed by atoms with Crippen molar-refractivity contribution in [3.05, 3.63) is 141 Å². The van der Waals surface area contributed by atoms with E-state index in [2.05, 4.69) is 0 Å². The average molecular weight is 577 g/mol. The number of rotatable bonds is 13. The van der Waals surface area contributed by atoms with Gasteiger partial charge in [0.2, 0.25) is 0 Å². The molecule has 0 saturated carbocycles. The highest BCUT2D eigenvalue weighted by Crippen LogP contribution is 2.40. The normalized spacial score (nSPS) is 21.9. The van der Waals surface area contributed by atoms with Crippen molar-refractivity contribution in [3.8, 4) is 0 Å². The summed E-state index contributed by atoms with van der Waals surface area (Å²) < 4.78 is 40.5. The Morgan fingerprint density at radius 1 is 0.786 bits per heavy atom. The van der Waals surface area contributed by atoms with Crippen LogP contribution in [0.1, 0.15) is 22.9 Å². The molecule has 0 spiro atoms. The Labute approximate surface area is 242 Å². The molecule has 0 radical (unpaired) electrons. The first-order chi connectivity index (χ1) is 20.5. The molecule has 10 heteroatoms. The van der Waals surface area contributed by atoms with Crippen molar-refractivity contribution in [1.29, 1.82) is 0 Å². The molecule has 1 N–H and O–H groups in total. The van der Waals surface area contributed by atoms with Crippen LogP contribution in [0.15, 0.2) is 113 Å². The fraction of sp³-hybridized carbons (Fsp3) is 0.312. The molecule has 4 aromatic rings. The largest absolute Gasteiger partial charge is 0.386 e. The van der Waals surface area contributed by atoms with E-state index in [1.807, 2.05) is 91.0 Å². The fourth-order valence-corrected chi connectivity index (χ4v) is 4.92. The number of halogens is 1. The van der Waals surface area contributed by atoms with Crippen molar-refractivity contribution in [3.63, 3.8) is 0 Å². The van der Waals surface area contributed by atoms with Gasteiger partial charge in [-0.1, -0.05) is 91.0 Å². The molecule has 1 aromatic heterocycles. The van der Waals surface area contributed by atoms with E-state index >= 15 is 0 Å². The number of hydrogen-bond donors (Lipinski definition) is 1. The molecule has 1 aliphatic heterocycles. The maximum Gasteiger partial charge on any atom is 0.335 e. The highest BCUT2D eigenvalue weighted by atomic mass is 19.1. The second-order valence-electron chi connectivity index (χ2n) is 10.1. The maximum atomic E-state index is 14.9. The van der Waals surface area contributed by atoms with Gasteiger partial charge in [0.25, 0.3) is 5.56 Å². The van der Waals surface area contributed by atoms with Crippen LogP contribution in [-0.4, -0.2) is 45.3 Å². The van der Waals surface area contributed by atoms with Gasteiger partial charge >= 0.3 is 5.69 Å². The summed E-state index contributed by atoms with van der Waals surface area (Å²) in [6, 6.07) is 29.1. The third-order valence-corrected chi connectivity index (χ3v) is 7.13. The van der Waals surface area contributed by atoms with E-state index in [1.165, 1.54) is 12.3 Å². The van der Waals surface area contributed by atoms with Gasteiger partial charge in [-0.2, -0.15) is 0 Å². The standard InChI is InChI=1S/C32H33FN2O7/c33-21-32(22-39-18-24-10-4-1-5-11-24)29(41-20-26-14-8-3-9-15-26)28(37)30(42-32)34-17-16-27(36)35(31(34)38)23-40-19-25-12-6-2-7-13-25/h1-17,28-30,37H,18-23H2/t28-,29+,30-,32-/m1/s1. The minimum Gasteiger partial charge on any atom is -0.386 e. The van der Waals surface area contributed by atoms with Crippen LogP contribution in [0, 0.1) is 0 Å². The molecule has 42 heavy (non-hydrogen) atoms. The number of aromatic nitrogens is 2. The van der Waals surface area contributed by atoms with Crippen molar-refractivity contribution in [2.75, 3.05) is 13.3 Å². The minimum absolute atomic E-state index is 0.0702. The van der Waals surface area contributed by atoms with E-state index < -0.39 is 42.0 Å². The zero-order chi connectivity index (χ0) is 29.4. The first kappa shape index (κ1) is 29.6. The van der Waals surface area contributed by atoms with Gasteiger partial charge < -0.3 is 24.1 Å². The molecule has 220 valence electrons. The van der Waals surface area contributed by atoms with Gasteiger partial charge in [0.15, 0.2) is 11.8 Å². The number of benzene rings is 3. The van der Waals surface area contributed by atoms with Gasteiger partial charge in [0, 0.05) is 12.3 Å². The summed E-state index contributed by atoms with van der Waals surface area (Å²) in [5, 5.41) is 11.4. The Morgan fingerprint density at radius 2 is 1.33 bits per heavy atom. The highest BCUT2D eigenvalue weighted by molar-refractivity contribution is 5.15. The number of aliphatic hydroxyl groups excluding tert-OH is 1. The van der Waals surface area contributed by atoms with E-state index in [-0.39, 0.29) is 33.2 Å². The smallest absolute Gasteiger partial charge is 0.335 e.